The van der Waals surface area contributed by atoms with Gasteiger partial charge in [-0.1, -0.05) is 84.2 Å². The van der Waals surface area contributed by atoms with Crippen LogP contribution in [0, 0.1) is 6.92 Å². The summed E-state index contributed by atoms with van der Waals surface area (Å²) < 4.78 is 27.0. The molecule has 0 bridgehead atoms. The van der Waals surface area contributed by atoms with Gasteiger partial charge in [0.2, 0.25) is 21.8 Å². The van der Waals surface area contributed by atoms with Crippen molar-refractivity contribution in [1.29, 1.82) is 0 Å². The molecule has 1 N–H and O–H groups in total. The minimum atomic E-state index is -3.93. The Bertz CT molecular complexity index is 1470. The number of nitrogens with zero attached hydrogens (tertiary/aromatic N) is 2. The largest absolute Gasteiger partial charge is 0.352 e. The smallest absolute Gasteiger partial charge is 0.244 e. The van der Waals surface area contributed by atoms with Crippen molar-refractivity contribution >= 4 is 62.3 Å². The molecule has 0 heterocycles. The molecule has 0 aliphatic rings. The topological polar surface area (TPSA) is 86.8 Å². The number of halogens is 3. The van der Waals surface area contributed by atoms with Gasteiger partial charge in [-0.3, -0.25) is 13.9 Å². The standard InChI is InChI=1S/C30H34Cl3N3O4S/c1-5-20(2)34-30(38)28(17-22-11-7-6-8-12-22)35(18-23-25(32)14-9-15-26(23)33)29(37)19-36(41(4,39)40)27-16-10-13-24(31)21(27)3/h6-16,20,28H,5,17-19H2,1-4H3,(H,34,38)/t20-,28-/m0/s1. The van der Waals surface area contributed by atoms with E-state index < -0.39 is 28.5 Å². The summed E-state index contributed by atoms with van der Waals surface area (Å²) in [5, 5.41) is 3.99. The summed E-state index contributed by atoms with van der Waals surface area (Å²) in [5.41, 5.74) is 2.05. The molecular weight excluding hydrogens is 605 g/mol. The maximum absolute atomic E-state index is 14.2. The zero-order chi connectivity index (χ0) is 30.3. The summed E-state index contributed by atoms with van der Waals surface area (Å²) in [6, 6.07) is 18.0. The molecule has 2 amide bonds. The maximum Gasteiger partial charge on any atom is 0.244 e. The van der Waals surface area contributed by atoms with Gasteiger partial charge in [0.25, 0.3) is 0 Å². The van der Waals surface area contributed by atoms with E-state index in [0.29, 0.717) is 32.6 Å². The van der Waals surface area contributed by atoms with Gasteiger partial charge in [0, 0.05) is 39.6 Å². The summed E-state index contributed by atoms with van der Waals surface area (Å²) >= 11 is 19.3. The fourth-order valence-electron chi connectivity index (χ4n) is 4.31. The summed E-state index contributed by atoms with van der Waals surface area (Å²) in [6.45, 7) is 4.82. The van der Waals surface area contributed by atoms with Gasteiger partial charge in [-0.25, -0.2) is 8.42 Å². The van der Waals surface area contributed by atoms with Crippen molar-refractivity contribution in [1.82, 2.24) is 10.2 Å². The molecule has 0 aromatic heterocycles. The SMILES string of the molecule is CC[C@H](C)NC(=O)[C@H](Cc1ccccc1)N(Cc1c(Cl)cccc1Cl)C(=O)CN(c1cccc(Cl)c1C)S(C)(=O)=O. The van der Waals surface area contributed by atoms with Gasteiger partial charge in [0.05, 0.1) is 11.9 Å². The zero-order valence-corrected chi connectivity index (χ0v) is 26.5. The van der Waals surface area contributed by atoms with Gasteiger partial charge in [-0.2, -0.15) is 0 Å². The van der Waals surface area contributed by atoms with Gasteiger partial charge in [0.1, 0.15) is 12.6 Å². The van der Waals surface area contributed by atoms with Crippen LogP contribution in [0.15, 0.2) is 66.7 Å². The quantitative estimate of drug-likeness (QED) is 0.253. The average molecular weight is 639 g/mol. The Morgan fingerprint density at radius 1 is 0.902 bits per heavy atom. The van der Waals surface area contributed by atoms with Crippen LogP contribution >= 0.6 is 34.8 Å². The van der Waals surface area contributed by atoms with Crippen LogP contribution < -0.4 is 9.62 Å². The van der Waals surface area contributed by atoms with E-state index in [1.54, 1.807) is 43.3 Å². The normalized spacial score (nSPS) is 12.9. The molecule has 0 radical (unpaired) electrons. The Morgan fingerprint density at radius 3 is 2.07 bits per heavy atom. The lowest BCUT2D eigenvalue weighted by atomic mass is 10.0. The predicted octanol–water partition coefficient (Wildman–Crippen LogP) is 6.28. The van der Waals surface area contributed by atoms with E-state index in [2.05, 4.69) is 5.32 Å². The number of sulfonamides is 1. The van der Waals surface area contributed by atoms with E-state index in [-0.39, 0.29) is 30.6 Å². The second kappa shape index (κ2) is 14.4. The number of rotatable bonds is 12. The number of carbonyl (C=O) groups excluding carboxylic acids is 2. The van der Waals surface area contributed by atoms with E-state index in [1.165, 1.54) is 4.90 Å². The predicted molar refractivity (Wildman–Crippen MR) is 167 cm³/mol. The molecule has 0 fully saturated rings. The van der Waals surface area contributed by atoms with Crippen molar-refractivity contribution in [2.45, 2.75) is 52.2 Å². The lowest BCUT2D eigenvalue weighted by Gasteiger charge is -2.34. The first kappa shape index (κ1) is 32.7. The van der Waals surface area contributed by atoms with Crippen LogP contribution in [0.4, 0.5) is 5.69 Å². The van der Waals surface area contributed by atoms with Gasteiger partial charge < -0.3 is 10.2 Å². The number of anilines is 1. The maximum atomic E-state index is 14.2. The fourth-order valence-corrected chi connectivity index (χ4v) is 5.90. The molecule has 11 heteroatoms. The second-order valence-corrected chi connectivity index (χ2v) is 13.0. The second-order valence-electron chi connectivity index (χ2n) is 9.90. The monoisotopic (exact) mass is 637 g/mol. The van der Waals surface area contributed by atoms with Crippen molar-refractivity contribution in [3.8, 4) is 0 Å². The molecule has 2 atom stereocenters. The molecule has 0 saturated carbocycles. The van der Waals surface area contributed by atoms with Crippen molar-refractivity contribution in [3.05, 3.63) is 98.5 Å². The lowest BCUT2D eigenvalue weighted by Crippen LogP contribution is -2.54. The Balaban J connectivity index is 2.13. The lowest BCUT2D eigenvalue weighted by molar-refractivity contribution is -0.140. The number of hydrogen-bond acceptors (Lipinski definition) is 4. The Labute approximate surface area is 257 Å². The summed E-state index contributed by atoms with van der Waals surface area (Å²) in [5.74, 6) is -0.976. The van der Waals surface area contributed by atoms with E-state index >= 15 is 0 Å². The first-order valence-electron chi connectivity index (χ1n) is 13.1. The van der Waals surface area contributed by atoms with E-state index in [4.69, 9.17) is 34.8 Å². The number of nitrogens with one attached hydrogen (secondary N) is 1. The average Bonchev–Trinajstić information content (AvgIpc) is 2.92. The minimum Gasteiger partial charge on any atom is -0.352 e. The van der Waals surface area contributed by atoms with E-state index in [1.807, 2.05) is 44.2 Å². The number of benzene rings is 3. The van der Waals surface area contributed by atoms with Crippen LogP contribution in [-0.4, -0.2) is 50.0 Å². The summed E-state index contributed by atoms with van der Waals surface area (Å²) in [6.07, 6.45) is 1.89. The number of hydrogen-bond donors (Lipinski definition) is 1. The molecule has 220 valence electrons. The molecule has 3 aromatic rings. The third-order valence-corrected chi connectivity index (χ3v) is 9.09. The summed E-state index contributed by atoms with van der Waals surface area (Å²) in [7, 11) is -3.93. The highest BCUT2D eigenvalue weighted by atomic mass is 35.5. The molecule has 0 saturated heterocycles. The highest BCUT2D eigenvalue weighted by Crippen LogP contribution is 2.30. The number of carbonyl (C=O) groups is 2. The van der Waals surface area contributed by atoms with E-state index in [9.17, 15) is 18.0 Å². The molecule has 7 nitrogen and oxygen atoms in total. The van der Waals surface area contributed by atoms with Gasteiger partial charge >= 0.3 is 0 Å². The molecule has 3 aromatic carbocycles. The first-order chi connectivity index (χ1) is 19.3. The third-order valence-electron chi connectivity index (χ3n) is 6.85. The highest BCUT2D eigenvalue weighted by molar-refractivity contribution is 7.92. The molecule has 41 heavy (non-hydrogen) atoms. The minimum absolute atomic E-state index is 0.116. The first-order valence-corrected chi connectivity index (χ1v) is 16.1. The number of amides is 2. The third kappa shape index (κ3) is 8.61. The Hall–Kier alpha value is -2.78. The molecule has 0 aliphatic heterocycles. The van der Waals surface area contributed by atoms with Crippen molar-refractivity contribution in [2.75, 3.05) is 17.1 Å². The Kier molecular flexibility index (Phi) is 11.5. The van der Waals surface area contributed by atoms with Crippen molar-refractivity contribution < 1.29 is 18.0 Å². The van der Waals surface area contributed by atoms with Gasteiger partial charge in [-0.05, 0) is 55.7 Å². The van der Waals surface area contributed by atoms with Crippen molar-refractivity contribution in [2.24, 2.45) is 0 Å². The van der Waals surface area contributed by atoms with Crippen LogP contribution in [-0.2, 0) is 32.6 Å². The summed E-state index contributed by atoms with van der Waals surface area (Å²) in [4.78, 5) is 29.3. The van der Waals surface area contributed by atoms with Crippen LogP contribution in [0.3, 0.4) is 0 Å². The molecule has 0 spiro atoms. The van der Waals surface area contributed by atoms with E-state index in [0.717, 1.165) is 16.1 Å². The molecular formula is C30H34Cl3N3O4S. The highest BCUT2D eigenvalue weighted by Gasteiger charge is 2.34. The van der Waals surface area contributed by atoms with Crippen LogP contribution in [0.1, 0.15) is 37.0 Å². The molecule has 3 rings (SSSR count). The van der Waals surface area contributed by atoms with Gasteiger partial charge in [0.15, 0.2) is 0 Å². The van der Waals surface area contributed by atoms with Crippen LogP contribution in [0.2, 0.25) is 15.1 Å². The Morgan fingerprint density at radius 2 is 1.49 bits per heavy atom. The molecule has 0 unspecified atom stereocenters. The molecule has 0 aliphatic carbocycles. The van der Waals surface area contributed by atoms with Gasteiger partial charge in [-0.15, -0.1) is 0 Å². The fraction of sp³-hybridized carbons (Fsp3) is 0.333. The van der Waals surface area contributed by atoms with Crippen LogP contribution in [0.5, 0.6) is 0 Å². The van der Waals surface area contributed by atoms with Crippen LogP contribution in [0.25, 0.3) is 0 Å². The van der Waals surface area contributed by atoms with Crippen molar-refractivity contribution in [3.63, 3.8) is 0 Å². The zero-order valence-electron chi connectivity index (χ0n) is 23.4.